The standard InChI is InChI=1S/C16H12Cl2N4O2/c1-9-5-14(22-24-9)20-11-6-10(7-19-8-11)16(23)21-13-4-2-3-12(17)15(13)18/h2-8H,1H3,(H,20,22)(H,21,23). The van der Waals surface area contributed by atoms with Crippen LogP contribution in [0.3, 0.4) is 0 Å². The number of halogens is 2. The third-order valence-corrected chi connectivity index (χ3v) is 3.92. The minimum Gasteiger partial charge on any atom is -0.360 e. The second kappa shape index (κ2) is 6.90. The summed E-state index contributed by atoms with van der Waals surface area (Å²) in [5.74, 6) is 0.853. The number of nitrogens with one attached hydrogen (secondary N) is 2. The fraction of sp³-hybridized carbons (Fsp3) is 0.0625. The molecule has 8 heteroatoms. The SMILES string of the molecule is Cc1cc(Nc2cncc(C(=O)Nc3cccc(Cl)c3Cl)c2)no1. The highest BCUT2D eigenvalue weighted by Crippen LogP contribution is 2.30. The molecular weight excluding hydrogens is 351 g/mol. The summed E-state index contributed by atoms with van der Waals surface area (Å²) < 4.78 is 4.98. The van der Waals surface area contributed by atoms with Gasteiger partial charge in [-0.1, -0.05) is 34.4 Å². The number of hydrogen-bond donors (Lipinski definition) is 2. The molecule has 0 radical (unpaired) electrons. The highest BCUT2D eigenvalue weighted by molar-refractivity contribution is 6.44. The number of aromatic nitrogens is 2. The summed E-state index contributed by atoms with van der Waals surface area (Å²) in [5, 5.41) is 10.2. The van der Waals surface area contributed by atoms with Gasteiger partial charge >= 0.3 is 0 Å². The Kier molecular flexibility index (Phi) is 4.69. The molecule has 0 spiro atoms. The van der Waals surface area contributed by atoms with Gasteiger partial charge in [0.05, 0.1) is 33.2 Å². The fourth-order valence-corrected chi connectivity index (χ4v) is 2.35. The first kappa shape index (κ1) is 16.3. The van der Waals surface area contributed by atoms with Crippen LogP contribution in [0.4, 0.5) is 17.2 Å². The Morgan fingerprint density at radius 1 is 1.21 bits per heavy atom. The quantitative estimate of drug-likeness (QED) is 0.704. The van der Waals surface area contributed by atoms with E-state index in [1.807, 2.05) is 0 Å². The molecule has 0 bridgehead atoms. The van der Waals surface area contributed by atoms with E-state index in [0.717, 1.165) is 0 Å². The van der Waals surface area contributed by atoms with Gasteiger partial charge in [-0.2, -0.15) is 0 Å². The van der Waals surface area contributed by atoms with Gasteiger partial charge in [0.1, 0.15) is 5.76 Å². The van der Waals surface area contributed by atoms with Gasteiger partial charge in [-0.15, -0.1) is 0 Å². The van der Waals surface area contributed by atoms with E-state index < -0.39 is 0 Å². The van der Waals surface area contributed by atoms with Crippen molar-refractivity contribution < 1.29 is 9.32 Å². The molecule has 0 saturated heterocycles. The van der Waals surface area contributed by atoms with Gasteiger partial charge in [0.25, 0.3) is 5.91 Å². The lowest BCUT2D eigenvalue weighted by atomic mass is 10.2. The highest BCUT2D eigenvalue weighted by atomic mass is 35.5. The van der Waals surface area contributed by atoms with Crippen LogP contribution in [0.2, 0.25) is 10.0 Å². The van der Waals surface area contributed by atoms with E-state index in [4.69, 9.17) is 27.7 Å². The number of anilines is 3. The molecule has 3 rings (SSSR count). The Bertz CT molecular complexity index is 895. The molecule has 6 nitrogen and oxygen atoms in total. The molecule has 0 saturated carbocycles. The van der Waals surface area contributed by atoms with Gasteiger partial charge in [0.2, 0.25) is 0 Å². The lowest BCUT2D eigenvalue weighted by molar-refractivity contribution is 0.102. The molecule has 2 heterocycles. The Hall–Kier alpha value is -2.57. The van der Waals surface area contributed by atoms with Crippen molar-refractivity contribution in [3.05, 3.63) is 64.1 Å². The monoisotopic (exact) mass is 362 g/mol. The Morgan fingerprint density at radius 2 is 2.04 bits per heavy atom. The van der Waals surface area contributed by atoms with E-state index in [1.165, 1.54) is 6.20 Å². The maximum atomic E-state index is 12.4. The van der Waals surface area contributed by atoms with Gasteiger partial charge in [0.15, 0.2) is 5.82 Å². The van der Waals surface area contributed by atoms with Crippen LogP contribution in [-0.2, 0) is 0 Å². The van der Waals surface area contributed by atoms with Crippen molar-refractivity contribution in [2.75, 3.05) is 10.6 Å². The van der Waals surface area contributed by atoms with Crippen molar-refractivity contribution >= 4 is 46.3 Å². The van der Waals surface area contributed by atoms with E-state index in [1.54, 1.807) is 43.5 Å². The molecule has 0 aliphatic rings. The van der Waals surface area contributed by atoms with Crippen LogP contribution in [0.1, 0.15) is 16.1 Å². The fourth-order valence-electron chi connectivity index (χ4n) is 2.00. The molecule has 122 valence electrons. The van der Waals surface area contributed by atoms with Crippen molar-refractivity contribution in [3.63, 3.8) is 0 Å². The summed E-state index contributed by atoms with van der Waals surface area (Å²) in [6, 6.07) is 8.39. The molecule has 1 aromatic carbocycles. The summed E-state index contributed by atoms with van der Waals surface area (Å²) in [7, 11) is 0. The lowest BCUT2D eigenvalue weighted by Gasteiger charge is -2.09. The molecular formula is C16H12Cl2N4O2. The molecule has 0 atom stereocenters. The molecule has 0 aliphatic carbocycles. The lowest BCUT2D eigenvalue weighted by Crippen LogP contribution is -2.13. The zero-order valence-electron chi connectivity index (χ0n) is 12.5. The molecule has 1 amide bonds. The third kappa shape index (κ3) is 3.67. The molecule has 3 aromatic rings. The Balaban J connectivity index is 1.78. The first-order valence-corrected chi connectivity index (χ1v) is 7.69. The normalized spacial score (nSPS) is 10.5. The highest BCUT2D eigenvalue weighted by Gasteiger charge is 2.12. The van der Waals surface area contributed by atoms with Crippen LogP contribution in [0.25, 0.3) is 0 Å². The van der Waals surface area contributed by atoms with E-state index in [-0.39, 0.29) is 10.9 Å². The molecule has 0 fully saturated rings. The first-order chi connectivity index (χ1) is 11.5. The van der Waals surface area contributed by atoms with Crippen LogP contribution in [0, 0.1) is 6.92 Å². The van der Waals surface area contributed by atoms with E-state index in [9.17, 15) is 4.79 Å². The van der Waals surface area contributed by atoms with Gasteiger partial charge < -0.3 is 15.2 Å². The maximum Gasteiger partial charge on any atom is 0.257 e. The number of rotatable bonds is 4. The van der Waals surface area contributed by atoms with E-state index in [2.05, 4.69) is 20.8 Å². The van der Waals surface area contributed by atoms with Crippen molar-refractivity contribution in [2.45, 2.75) is 6.92 Å². The second-order valence-electron chi connectivity index (χ2n) is 4.97. The van der Waals surface area contributed by atoms with Crippen molar-refractivity contribution in [3.8, 4) is 0 Å². The summed E-state index contributed by atoms with van der Waals surface area (Å²) in [6.07, 6.45) is 3.03. The van der Waals surface area contributed by atoms with Gasteiger partial charge in [-0.25, -0.2) is 0 Å². The number of hydrogen-bond acceptors (Lipinski definition) is 5. The van der Waals surface area contributed by atoms with Crippen LogP contribution in [0.5, 0.6) is 0 Å². The van der Waals surface area contributed by atoms with Gasteiger partial charge in [-0.05, 0) is 25.1 Å². The van der Waals surface area contributed by atoms with E-state index >= 15 is 0 Å². The number of carbonyl (C=O) groups is 1. The first-order valence-electron chi connectivity index (χ1n) is 6.93. The zero-order chi connectivity index (χ0) is 17.1. The van der Waals surface area contributed by atoms with Crippen LogP contribution < -0.4 is 10.6 Å². The molecule has 2 N–H and O–H groups in total. The molecule has 0 unspecified atom stereocenters. The average Bonchev–Trinajstić information content (AvgIpc) is 2.97. The number of amides is 1. The van der Waals surface area contributed by atoms with Crippen LogP contribution in [0.15, 0.2) is 47.2 Å². The minimum absolute atomic E-state index is 0.285. The van der Waals surface area contributed by atoms with Crippen molar-refractivity contribution in [2.24, 2.45) is 0 Å². The largest absolute Gasteiger partial charge is 0.360 e. The maximum absolute atomic E-state index is 12.4. The topological polar surface area (TPSA) is 80.0 Å². The summed E-state index contributed by atoms with van der Waals surface area (Å²) in [4.78, 5) is 16.4. The molecule has 24 heavy (non-hydrogen) atoms. The van der Waals surface area contributed by atoms with Crippen molar-refractivity contribution in [1.82, 2.24) is 10.1 Å². The average molecular weight is 363 g/mol. The second-order valence-corrected chi connectivity index (χ2v) is 5.75. The minimum atomic E-state index is -0.355. The molecule has 0 aliphatic heterocycles. The Labute approximate surface area is 147 Å². The Morgan fingerprint density at radius 3 is 2.79 bits per heavy atom. The predicted octanol–water partition coefficient (Wildman–Crippen LogP) is 4.68. The number of carbonyl (C=O) groups excluding carboxylic acids is 1. The zero-order valence-corrected chi connectivity index (χ0v) is 14.0. The van der Waals surface area contributed by atoms with Crippen molar-refractivity contribution in [1.29, 1.82) is 0 Å². The van der Waals surface area contributed by atoms with Crippen LogP contribution in [-0.4, -0.2) is 16.0 Å². The third-order valence-electron chi connectivity index (χ3n) is 3.10. The summed E-state index contributed by atoms with van der Waals surface area (Å²) in [5.41, 5.74) is 1.39. The number of aryl methyl sites for hydroxylation is 1. The van der Waals surface area contributed by atoms with E-state index in [0.29, 0.717) is 33.5 Å². The van der Waals surface area contributed by atoms with Gasteiger partial charge in [-0.3, -0.25) is 9.78 Å². The predicted molar refractivity (Wildman–Crippen MR) is 93.2 cm³/mol. The van der Waals surface area contributed by atoms with Gasteiger partial charge in [0, 0.05) is 12.3 Å². The summed E-state index contributed by atoms with van der Waals surface area (Å²) in [6.45, 7) is 1.79. The number of benzene rings is 1. The van der Waals surface area contributed by atoms with Crippen LogP contribution >= 0.6 is 23.2 Å². The molecule has 2 aromatic heterocycles. The summed E-state index contributed by atoms with van der Waals surface area (Å²) >= 11 is 12.0. The number of pyridine rings is 1. The number of nitrogens with zero attached hydrogens (tertiary/aromatic N) is 2. The smallest absolute Gasteiger partial charge is 0.257 e.